The Balaban J connectivity index is 0.00000204. The number of nitrogens with zero attached hydrogens (tertiary/aromatic N) is 2. The number of piperazine rings is 1. The Bertz CT molecular complexity index is 1160. The number of aromatic nitrogens is 3. The molecule has 5 N–H and O–H groups in total. The second kappa shape index (κ2) is 12.0. The summed E-state index contributed by atoms with van der Waals surface area (Å²) in [5.41, 5.74) is 3.78. The molecule has 0 atom stereocenters. The predicted molar refractivity (Wildman–Crippen MR) is 127 cm³/mol. The lowest BCUT2D eigenvalue weighted by Crippen LogP contribution is -3.26. The topological polar surface area (TPSA) is 83.0 Å². The van der Waals surface area contributed by atoms with E-state index in [1.807, 2.05) is 18.4 Å². The van der Waals surface area contributed by atoms with Crippen LogP contribution >= 0.6 is 12.2 Å². The summed E-state index contributed by atoms with van der Waals surface area (Å²) in [4.78, 5) is 3.24. The number of phenols is 2. The minimum absolute atomic E-state index is 0. The molecule has 2 aromatic carbocycles. The standard InChI is InChI=1S/C24H31N5O2S.2ClH/c1-16(2)19-12-20(22(31)13-21(19)30)23-25-26-24(32)29(23)15-18-6-4-5-17(11-18)14-28-9-7-27(3)8-10-28;;/h4-6,11-13,16,30-31H,7-10,14-15H2,1-3H3,(H,26,32);2*1H. The molecule has 2 heterocycles. The molecule has 1 aromatic heterocycles. The molecule has 1 saturated heterocycles. The van der Waals surface area contributed by atoms with Crippen LogP contribution < -0.4 is 34.6 Å². The zero-order valence-corrected chi connectivity index (χ0v) is 22.1. The van der Waals surface area contributed by atoms with E-state index in [0.29, 0.717) is 22.7 Å². The third-order valence-electron chi connectivity index (χ3n) is 6.36. The average molecular weight is 527 g/mol. The summed E-state index contributed by atoms with van der Waals surface area (Å²) in [6.07, 6.45) is 0. The molecule has 1 aliphatic rings. The third-order valence-corrected chi connectivity index (χ3v) is 6.67. The van der Waals surface area contributed by atoms with Gasteiger partial charge in [0, 0.05) is 11.6 Å². The highest BCUT2D eigenvalue weighted by Gasteiger charge is 2.21. The van der Waals surface area contributed by atoms with Crippen molar-refractivity contribution in [2.75, 3.05) is 33.2 Å². The molecule has 4 rings (SSSR count). The molecule has 3 aromatic rings. The first-order valence-corrected chi connectivity index (χ1v) is 11.7. The fraction of sp³-hybridized carbons (Fsp3) is 0.417. The van der Waals surface area contributed by atoms with Gasteiger partial charge >= 0.3 is 0 Å². The van der Waals surface area contributed by atoms with Crippen LogP contribution in [0.2, 0.25) is 0 Å². The molecule has 34 heavy (non-hydrogen) atoms. The van der Waals surface area contributed by atoms with Gasteiger partial charge in [-0.25, -0.2) is 0 Å². The summed E-state index contributed by atoms with van der Waals surface area (Å²) in [7, 11) is 2.26. The van der Waals surface area contributed by atoms with Gasteiger partial charge in [0.2, 0.25) is 0 Å². The Kier molecular flexibility index (Phi) is 9.96. The highest BCUT2D eigenvalue weighted by Crippen LogP contribution is 2.37. The van der Waals surface area contributed by atoms with Crippen molar-refractivity contribution in [3.8, 4) is 22.9 Å². The van der Waals surface area contributed by atoms with E-state index in [0.717, 1.165) is 17.7 Å². The number of aromatic amines is 1. The largest absolute Gasteiger partial charge is 1.00 e. The second-order valence-corrected chi connectivity index (χ2v) is 9.61. The summed E-state index contributed by atoms with van der Waals surface area (Å²) >= 11 is 5.51. The van der Waals surface area contributed by atoms with Crippen molar-refractivity contribution in [3.05, 3.63) is 57.9 Å². The van der Waals surface area contributed by atoms with Gasteiger partial charge in [-0.05, 0) is 41.4 Å². The quantitative estimate of drug-likeness (QED) is 0.209. The van der Waals surface area contributed by atoms with Crippen LogP contribution in [0.25, 0.3) is 11.4 Å². The van der Waals surface area contributed by atoms with Gasteiger partial charge in [-0.15, -0.1) is 0 Å². The van der Waals surface area contributed by atoms with Crippen molar-refractivity contribution in [1.29, 1.82) is 0 Å². The van der Waals surface area contributed by atoms with E-state index in [1.165, 1.54) is 37.8 Å². The maximum atomic E-state index is 10.5. The van der Waals surface area contributed by atoms with Crippen LogP contribution in [0, 0.1) is 4.77 Å². The Morgan fingerprint density at radius 2 is 1.71 bits per heavy atom. The number of H-pyrrole nitrogens is 1. The number of benzene rings is 2. The van der Waals surface area contributed by atoms with Gasteiger partial charge in [-0.2, -0.15) is 5.10 Å². The molecular weight excluding hydrogens is 493 g/mol. The highest BCUT2D eigenvalue weighted by atomic mass is 35.5. The van der Waals surface area contributed by atoms with Crippen LogP contribution in [0.5, 0.6) is 11.5 Å². The maximum absolute atomic E-state index is 10.5. The fourth-order valence-corrected chi connectivity index (χ4v) is 4.62. The van der Waals surface area contributed by atoms with E-state index in [-0.39, 0.29) is 42.2 Å². The van der Waals surface area contributed by atoms with Crippen LogP contribution in [0.3, 0.4) is 0 Å². The van der Waals surface area contributed by atoms with Crippen molar-refractivity contribution in [2.24, 2.45) is 0 Å². The van der Waals surface area contributed by atoms with Crippen molar-refractivity contribution in [3.63, 3.8) is 0 Å². The molecule has 10 heteroatoms. The first kappa shape index (κ1) is 28.1. The Hall–Kier alpha value is -2.10. The summed E-state index contributed by atoms with van der Waals surface area (Å²) in [6, 6.07) is 11.8. The van der Waals surface area contributed by atoms with Crippen LogP contribution in [-0.2, 0) is 13.1 Å². The predicted octanol–water partition coefficient (Wildman–Crippen LogP) is -4.89. The number of likely N-dealkylation sites (N-methyl/N-ethyl adjacent to an activating group) is 1. The van der Waals surface area contributed by atoms with E-state index in [1.54, 1.807) is 15.9 Å². The van der Waals surface area contributed by atoms with E-state index >= 15 is 0 Å². The van der Waals surface area contributed by atoms with Crippen LogP contribution in [0.15, 0.2) is 36.4 Å². The minimum atomic E-state index is -0.0169. The SMILES string of the molecule is CC(C)c1cc(-c2n[nH]c(=S)n2Cc2cccc(C[NH+]3CC[NH+](C)CC3)c2)c(O)cc1O.[Cl-].[Cl-]. The second-order valence-electron chi connectivity index (χ2n) is 9.23. The molecule has 186 valence electrons. The van der Waals surface area contributed by atoms with Gasteiger partial charge in [0.1, 0.15) is 44.2 Å². The smallest absolute Gasteiger partial charge is 0.195 e. The zero-order valence-electron chi connectivity index (χ0n) is 19.7. The number of quaternary nitrogens is 2. The van der Waals surface area contributed by atoms with Crippen molar-refractivity contribution in [2.45, 2.75) is 32.9 Å². The molecule has 0 unspecified atom stereocenters. The maximum Gasteiger partial charge on any atom is 0.195 e. The molecule has 0 saturated carbocycles. The van der Waals surface area contributed by atoms with Gasteiger partial charge in [0.05, 0.1) is 19.2 Å². The third kappa shape index (κ3) is 6.31. The summed E-state index contributed by atoms with van der Waals surface area (Å²) in [6.45, 7) is 10.4. The van der Waals surface area contributed by atoms with Crippen LogP contribution in [-0.4, -0.2) is 58.2 Å². The molecular formula is C24H33Cl2N5O2S. The number of hydrogen-bond acceptors (Lipinski definition) is 4. The molecule has 0 bridgehead atoms. The number of rotatable bonds is 6. The number of aromatic hydroxyl groups is 2. The van der Waals surface area contributed by atoms with Gasteiger partial charge < -0.3 is 44.8 Å². The van der Waals surface area contributed by atoms with Crippen LogP contribution in [0.4, 0.5) is 0 Å². The first-order valence-electron chi connectivity index (χ1n) is 11.3. The van der Waals surface area contributed by atoms with Crippen molar-refractivity contribution < 1.29 is 44.8 Å². The average Bonchev–Trinajstić information content (AvgIpc) is 3.10. The summed E-state index contributed by atoms with van der Waals surface area (Å²) < 4.78 is 2.40. The summed E-state index contributed by atoms with van der Waals surface area (Å²) in [5.74, 6) is 0.742. The lowest BCUT2D eigenvalue weighted by molar-refractivity contribution is -1.01. The van der Waals surface area contributed by atoms with E-state index in [4.69, 9.17) is 12.2 Å². The molecule has 1 aliphatic heterocycles. The highest BCUT2D eigenvalue weighted by molar-refractivity contribution is 7.71. The number of halogens is 2. The normalized spacial score (nSPS) is 17.8. The van der Waals surface area contributed by atoms with Gasteiger partial charge in [-0.3, -0.25) is 9.67 Å². The van der Waals surface area contributed by atoms with Gasteiger partial charge in [-0.1, -0.05) is 32.0 Å². The lowest BCUT2D eigenvalue weighted by atomic mass is 9.98. The van der Waals surface area contributed by atoms with E-state index in [9.17, 15) is 10.2 Å². The fourth-order valence-electron chi connectivity index (χ4n) is 4.42. The van der Waals surface area contributed by atoms with Gasteiger partial charge in [0.25, 0.3) is 0 Å². The monoisotopic (exact) mass is 525 g/mol. The van der Waals surface area contributed by atoms with Crippen LogP contribution in [0.1, 0.15) is 36.5 Å². The lowest BCUT2D eigenvalue weighted by Gasteiger charge is -2.27. The molecule has 0 aliphatic carbocycles. The molecule has 0 spiro atoms. The molecule has 0 radical (unpaired) electrons. The first-order chi connectivity index (χ1) is 15.3. The van der Waals surface area contributed by atoms with E-state index in [2.05, 4.69) is 41.5 Å². The zero-order chi connectivity index (χ0) is 22.8. The Morgan fingerprint density at radius 1 is 1.03 bits per heavy atom. The number of phenolic OH excluding ortho intramolecular Hbond substituents is 2. The Labute approximate surface area is 218 Å². The minimum Gasteiger partial charge on any atom is -1.00 e. The molecule has 7 nitrogen and oxygen atoms in total. The van der Waals surface area contributed by atoms with Gasteiger partial charge in [0.15, 0.2) is 10.6 Å². The van der Waals surface area contributed by atoms with E-state index < -0.39 is 0 Å². The number of hydrogen-bond donors (Lipinski definition) is 5. The van der Waals surface area contributed by atoms with Crippen molar-refractivity contribution >= 4 is 12.2 Å². The Morgan fingerprint density at radius 3 is 2.38 bits per heavy atom. The molecule has 0 amide bonds. The number of nitrogens with one attached hydrogen (secondary N) is 3. The van der Waals surface area contributed by atoms with Crippen molar-refractivity contribution in [1.82, 2.24) is 14.8 Å². The molecule has 1 fully saturated rings. The summed E-state index contributed by atoms with van der Waals surface area (Å²) in [5, 5.41) is 28.0.